The standard InChI is InChI=1S/C29H56O3/c1-4-5-6-7-8-9-10-11-12-13-14-15-16-17-18-19-20-21-22-23-26-31-29(30)32-27-24-25-28(2)3/h11-12,28H,4-10,13-27H2,1-3H3. The van der Waals surface area contributed by atoms with E-state index in [9.17, 15) is 4.79 Å². The van der Waals surface area contributed by atoms with Crippen LogP contribution in [-0.4, -0.2) is 19.4 Å². The highest BCUT2D eigenvalue weighted by atomic mass is 16.7. The van der Waals surface area contributed by atoms with E-state index in [2.05, 4.69) is 32.9 Å². The summed E-state index contributed by atoms with van der Waals surface area (Å²) in [6.07, 6.45) is 30.1. The highest BCUT2D eigenvalue weighted by Gasteiger charge is 2.03. The predicted molar refractivity (Wildman–Crippen MR) is 139 cm³/mol. The molecule has 0 aliphatic rings. The second kappa shape index (κ2) is 26.3. The first kappa shape index (κ1) is 31.0. The lowest BCUT2D eigenvalue weighted by Gasteiger charge is -2.07. The molecule has 0 unspecified atom stereocenters. The Bertz CT molecular complexity index is 403. The molecule has 0 aliphatic carbocycles. The highest BCUT2D eigenvalue weighted by Crippen LogP contribution is 2.12. The maximum absolute atomic E-state index is 11.4. The topological polar surface area (TPSA) is 35.5 Å². The third kappa shape index (κ3) is 27.0. The molecule has 0 aromatic heterocycles. The molecule has 3 nitrogen and oxygen atoms in total. The van der Waals surface area contributed by atoms with Crippen LogP contribution in [0.3, 0.4) is 0 Å². The third-order valence-corrected chi connectivity index (χ3v) is 6.02. The summed E-state index contributed by atoms with van der Waals surface area (Å²) in [4.78, 5) is 11.4. The Morgan fingerprint density at radius 1 is 0.594 bits per heavy atom. The molecule has 0 saturated carbocycles. The molecule has 0 bridgehead atoms. The lowest BCUT2D eigenvalue weighted by molar-refractivity contribution is 0.0524. The summed E-state index contributed by atoms with van der Waals surface area (Å²) >= 11 is 0. The van der Waals surface area contributed by atoms with Gasteiger partial charge in [0.15, 0.2) is 0 Å². The number of hydrogen-bond donors (Lipinski definition) is 0. The Balaban J connectivity index is 3.16. The number of allylic oxidation sites excluding steroid dienone is 2. The number of ether oxygens (including phenoxy) is 2. The molecule has 0 radical (unpaired) electrons. The van der Waals surface area contributed by atoms with Crippen molar-refractivity contribution in [3.8, 4) is 0 Å². The van der Waals surface area contributed by atoms with Crippen molar-refractivity contribution in [3.05, 3.63) is 12.2 Å². The van der Waals surface area contributed by atoms with Crippen molar-refractivity contribution < 1.29 is 14.3 Å². The second-order valence-electron chi connectivity index (χ2n) is 9.84. The van der Waals surface area contributed by atoms with Crippen molar-refractivity contribution in [1.82, 2.24) is 0 Å². The molecule has 0 amide bonds. The quantitative estimate of drug-likeness (QED) is 0.0829. The normalized spacial score (nSPS) is 11.5. The number of carbonyl (C=O) groups is 1. The van der Waals surface area contributed by atoms with Crippen LogP contribution >= 0.6 is 0 Å². The van der Waals surface area contributed by atoms with E-state index in [0.717, 1.165) is 25.7 Å². The summed E-state index contributed by atoms with van der Waals surface area (Å²) < 4.78 is 10.2. The van der Waals surface area contributed by atoms with Gasteiger partial charge < -0.3 is 9.47 Å². The van der Waals surface area contributed by atoms with Crippen molar-refractivity contribution in [2.75, 3.05) is 13.2 Å². The lowest BCUT2D eigenvalue weighted by atomic mass is 10.1. The van der Waals surface area contributed by atoms with Crippen LogP contribution in [0.25, 0.3) is 0 Å². The second-order valence-corrected chi connectivity index (χ2v) is 9.84. The minimum atomic E-state index is -0.498. The van der Waals surface area contributed by atoms with E-state index in [1.807, 2.05) is 0 Å². The summed E-state index contributed by atoms with van der Waals surface area (Å²) in [7, 11) is 0. The van der Waals surface area contributed by atoms with E-state index >= 15 is 0 Å². The van der Waals surface area contributed by atoms with Gasteiger partial charge >= 0.3 is 6.16 Å². The molecule has 0 aromatic rings. The Kier molecular flexibility index (Phi) is 25.5. The van der Waals surface area contributed by atoms with E-state index in [-0.39, 0.29) is 0 Å². The van der Waals surface area contributed by atoms with Crippen LogP contribution in [0.15, 0.2) is 12.2 Å². The van der Waals surface area contributed by atoms with Crippen LogP contribution in [-0.2, 0) is 9.47 Å². The average Bonchev–Trinajstić information content (AvgIpc) is 2.77. The Labute approximate surface area is 201 Å². The number of rotatable bonds is 24. The molecule has 0 fully saturated rings. The molecular weight excluding hydrogens is 396 g/mol. The number of unbranched alkanes of at least 4 members (excludes halogenated alkanes) is 16. The Hall–Kier alpha value is -0.990. The Morgan fingerprint density at radius 2 is 1.00 bits per heavy atom. The van der Waals surface area contributed by atoms with Crippen LogP contribution in [0.2, 0.25) is 0 Å². The third-order valence-electron chi connectivity index (χ3n) is 6.02. The van der Waals surface area contributed by atoms with Crippen molar-refractivity contribution in [3.63, 3.8) is 0 Å². The van der Waals surface area contributed by atoms with Gasteiger partial charge in [0.25, 0.3) is 0 Å². The molecule has 3 heteroatoms. The monoisotopic (exact) mass is 452 g/mol. The van der Waals surface area contributed by atoms with Gasteiger partial charge in [-0.05, 0) is 50.9 Å². The SMILES string of the molecule is CCCCCCCCC=CCCCCCCCCCCCCOC(=O)OCCCC(C)C. The smallest absolute Gasteiger partial charge is 0.434 e. The average molecular weight is 453 g/mol. The van der Waals surface area contributed by atoms with Gasteiger partial charge in [-0.15, -0.1) is 0 Å². The van der Waals surface area contributed by atoms with Crippen molar-refractivity contribution in [2.45, 2.75) is 149 Å². The molecule has 0 heterocycles. The zero-order valence-electron chi connectivity index (χ0n) is 22.0. The summed E-state index contributed by atoms with van der Waals surface area (Å²) in [5.74, 6) is 0.654. The molecular formula is C29H56O3. The molecule has 0 aromatic carbocycles. The predicted octanol–water partition coefficient (Wildman–Crippen LogP) is 10.2. The van der Waals surface area contributed by atoms with Gasteiger partial charge in [0.1, 0.15) is 0 Å². The zero-order chi connectivity index (χ0) is 23.5. The highest BCUT2D eigenvalue weighted by molar-refractivity contribution is 5.59. The minimum absolute atomic E-state index is 0.479. The molecule has 0 rings (SSSR count). The lowest BCUT2D eigenvalue weighted by Crippen LogP contribution is -2.09. The van der Waals surface area contributed by atoms with Crippen LogP contribution in [0.4, 0.5) is 4.79 Å². The van der Waals surface area contributed by atoms with Crippen LogP contribution in [0.1, 0.15) is 149 Å². The van der Waals surface area contributed by atoms with Crippen LogP contribution in [0.5, 0.6) is 0 Å². The van der Waals surface area contributed by atoms with E-state index in [4.69, 9.17) is 9.47 Å². The van der Waals surface area contributed by atoms with Gasteiger partial charge in [0.05, 0.1) is 13.2 Å². The molecule has 0 atom stereocenters. The fourth-order valence-electron chi connectivity index (χ4n) is 3.90. The largest absolute Gasteiger partial charge is 0.508 e. The van der Waals surface area contributed by atoms with Crippen LogP contribution < -0.4 is 0 Å². The summed E-state index contributed by atoms with van der Waals surface area (Å²) in [5.41, 5.74) is 0. The van der Waals surface area contributed by atoms with Gasteiger partial charge in [-0.2, -0.15) is 0 Å². The summed E-state index contributed by atoms with van der Waals surface area (Å²) in [5, 5.41) is 0. The maximum atomic E-state index is 11.4. The first-order chi connectivity index (χ1) is 15.7. The molecule has 0 saturated heterocycles. The van der Waals surface area contributed by atoms with Gasteiger partial charge in [-0.25, -0.2) is 4.79 Å². The van der Waals surface area contributed by atoms with Gasteiger partial charge in [-0.1, -0.05) is 116 Å². The van der Waals surface area contributed by atoms with E-state index in [1.54, 1.807) is 0 Å². The van der Waals surface area contributed by atoms with Crippen molar-refractivity contribution >= 4 is 6.16 Å². The van der Waals surface area contributed by atoms with Crippen molar-refractivity contribution in [1.29, 1.82) is 0 Å². The first-order valence-corrected chi connectivity index (χ1v) is 14.1. The van der Waals surface area contributed by atoms with E-state index in [1.165, 1.54) is 103 Å². The maximum Gasteiger partial charge on any atom is 0.508 e. The van der Waals surface area contributed by atoms with Gasteiger partial charge in [0, 0.05) is 0 Å². The fraction of sp³-hybridized carbons (Fsp3) is 0.897. The number of hydrogen-bond acceptors (Lipinski definition) is 3. The van der Waals surface area contributed by atoms with Crippen molar-refractivity contribution in [2.24, 2.45) is 5.92 Å². The summed E-state index contributed by atoms with van der Waals surface area (Å²) in [6, 6.07) is 0. The van der Waals surface area contributed by atoms with E-state index in [0.29, 0.717) is 19.1 Å². The molecule has 0 N–H and O–H groups in total. The molecule has 0 aliphatic heterocycles. The summed E-state index contributed by atoms with van der Waals surface area (Å²) in [6.45, 7) is 7.61. The zero-order valence-corrected chi connectivity index (χ0v) is 22.0. The molecule has 190 valence electrons. The van der Waals surface area contributed by atoms with Crippen LogP contribution in [0, 0.1) is 5.92 Å². The Morgan fingerprint density at radius 3 is 1.47 bits per heavy atom. The minimum Gasteiger partial charge on any atom is -0.434 e. The fourth-order valence-corrected chi connectivity index (χ4v) is 3.90. The van der Waals surface area contributed by atoms with Gasteiger partial charge in [-0.3, -0.25) is 0 Å². The number of carbonyl (C=O) groups excluding carboxylic acids is 1. The van der Waals surface area contributed by atoms with E-state index < -0.39 is 6.16 Å². The van der Waals surface area contributed by atoms with Gasteiger partial charge in [0.2, 0.25) is 0 Å². The first-order valence-electron chi connectivity index (χ1n) is 14.1. The molecule has 0 spiro atoms. The molecule has 32 heavy (non-hydrogen) atoms.